The number of hydrogen-bond acceptors (Lipinski definition) is 1. The highest BCUT2D eigenvalue weighted by Gasteiger charge is 2.34. The number of nitrogens with zero attached hydrogens (tertiary/aromatic N) is 2. The minimum atomic E-state index is 0. The van der Waals surface area contributed by atoms with Crippen molar-refractivity contribution in [3.8, 4) is 0 Å². The first-order chi connectivity index (χ1) is 19.2. The maximum absolute atomic E-state index is 14.6. The lowest BCUT2D eigenvalue weighted by Gasteiger charge is -2.43. The van der Waals surface area contributed by atoms with E-state index in [4.69, 9.17) is 0 Å². The van der Waals surface area contributed by atoms with Gasteiger partial charge in [-0.3, -0.25) is 4.79 Å². The normalized spacial score (nSPS) is 12.2. The van der Waals surface area contributed by atoms with Crippen LogP contribution in [0.5, 0.6) is 0 Å². The van der Waals surface area contributed by atoms with Gasteiger partial charge in [-0.1, -0.05) is 102 Å². The van der Waals surface area contributed by atoms with Crippen LogP contribution < -0.4 is 17.0 Å². The molecule has 0 aliphatic heterocycles. The molecule has 0 N–H and O–H groups in total. The molecule has 4 rings (SSSR count). The van der Waals surface area contributed by atoms with Gasteiger partial charge in [0, 0.05) is 17.7 Å². The van der Waals surface area contributed by atoms with Crippen LogP contribution >= 0.6 is 0 Å². The van der Waals surface area contributed by atoms with Gasteiger partial charge in [-0.05, 0) is 70.4 Å². The third-order valence-electron chi connectivity index (χ3n) is 8.57. The largest absolute Gasteiger partial charge is 1.00 e. The van der Waals surface area contributed by atoms with Gasteiger partial charge in [0.2, 0.25) is 0 Å². The summed E-state index contributed by atoms with van der Waals surface area (Å²) >= 11 is 0. The Bertz CT molecular complexity index is 1430. The van der Waals surface area contributed by atoms with Gasteiger partial charge in [0.25, 0.3) is 5.91 Å². The Balaban J connectivity index is 0.00000462. The lowest BCUT2D eigenvalue weighted by atomic mass is 10.00. The molecule has 1 unspecified atom stereocenters. The van der Waals surface area contributed by atoms with Gasteiger partial charge in [-0.15, -0.1) is 0 Å². The van der Waals surface area contributed by atoms with Crippen LogP contribution in [0, 0.1) is 27.7 Å². The molecule has 218 valence electrons. The molecule has 4 heteroatoms. The quantitative estimate of drug-likeness (QED) is 0.203. The van der Waals surface area contributed by atoms with Crippen LogP contribution in [0.25, 0.3) is 10.8 Å². The zero-order valence-corrected chi connectivity index (χ0v) is 27.6. The van der Waals surface area contributed by atoms with Gasteiger partial charge < -0.3 is 26.4 Å². The number of rotatable bonds is 11. The van der Waals surface area contributed by atoms with E-state index in [2.05, 4.69) is 108 Å². The highest BCUT2D eigenvalue weighted by molar-refractivity contribution is 6.07. The van der Waals surface area contributed by atoms with Crippen molar-refractivity contribution in [2.45, 2.75) is 74.0 Å². The van der Waals surface area contributed by atoms with Crippen LogP contribution in [0.4, 0.5) is 0 Å². The van der Waals surface area contributed by atoms with Crippen LogP contribution in [0.3, 0.4) is 0 Å². The molecule has 3 nitrogen and oxygen atoms in total. The summed E-state index contributed by atoms with van der Waals surface area (Å²) in [5.74, 6) is 0.125. The molecule has 0 saturated heterocycles. The summed E-state index contributed by atoms with van der Waals surface area (Å²) < 4.78 is 0.952. The Morgan fingerprint density at radius 1 is 0.732 bits per heavy atom. The molecule has 0 fully saturated rings. The van der Waals surface area contributed by atoms with E-state index in [1.54, 1.807) is 0 Å². The molecule has 0 heterocycles. The SMILES string of the molecule is CCC(C[N+](CC)(CC)Cc1cc(C)cc(C)c1)N(Cc1cc(C)cc(C)c1)C(=O)c1cccc2ccccc12.[Br-]. The topological polar surface area (TPSA) is 20.3 Å². The molecule has 0 aliphatic carbocycles. The Kier molecular flexibility index (Phi) is 11.3. The second-order valence-corrected chi connectivity index (χ2v) is 11.8. The molecule has 0 radical (unpaired) electrons. The zero-order valence-electron chi connectivity index (χ0n) is 26.0. The van der Waals surface area contributed by atoms with Crippen LogP contribution in [-0.2, 0) is 13.1 Å². The summed E-state index contributed by atoms with van der Waals surface area (Å²) in [7, 11) is 0. The van der Waals surface area contributed by atoms with E-state index in [1.165, 1.54) is 33.4 Å². The fraction of sp³-hybridized carbons (Fsp3) is 0.378. The molecule has 4 aromatic carbocycles. The molecule has 41 heavy (non-hydrogen) atoms. The Hall–Kier alpha value is -2.95. The van der Waals surface area contributed by atoms with Gasteiger partial charge in [-0.2, -0.15) is 0 Å². The lowest BCUT2D eigenvalue weighted by Crippen LogP contribution is -3.00. The fourth-order valence-corrected chi connectivity index (χ4v) is 6.50. The first kappa shape index (κ1) is 32.6. The molecule has 1 atom stereocenters. The Labute approximate surface area is 258 Å². The molecule has 0 bridgehead atoms. The van der Waals surface area contributed by atoms with E-state index in [1.807, 2.05) is 24.3 Å². The van der Waals surface area contributed by atoms with E-state index in [9.17, 15) is 4.79 Å². The average Bonchev–Trinajstić information content (AvgIpc) is 2.92. The molecule has 0 saturated carbocycles. The van der Waals surface area contributed by atoms with Gasteiger partial charge >= 0.3 is 0 Å². The van der Waals surface area contributed by atoms with E-state index in [0.717, 1.165) is 53.4 Å². The zero-order chi connectivity index (χ0) is 28.9. The van der Waals surface area contributed by atoms with Crippen LogP contribution in [0.15, 0.2) is 78.9 Å². The summed E-state index contributed by atoms with van der Waals surface area (Å²) in [6, 6.07) is 28.1. The second kappa shape index (κ2) is 14.3. The predicted octanol–water partition coefficient (Wildman–Crippen LogP) is 5.56. The van der Waals surface area contributed by atoms with Crippen molar-refractivity contribution in [3.63, 3.8) is 0 Å². The van der Waals surface area contributed by atoms with Gasteiger partial charge in [0.05, 0.1) is 25.7 Å². The Morgan fingerprint density at radius 3 is 1.83 bits per heavy atom. The number of quaternary nitrogens is 1. The van der Waals surface area contributed by atoms with E-state index in [0.29, 0.717) is 6.54 Å². The first-order valence-electron chi connectivity index (χ1n) is 14.9. The van der Waals surface area contributed by atoms with Crippen molar-refractivity contribution >= 4 is 16.7 Å². The highest BCUT2D eigenvalue weighted by atomic mass is 79.9. The summed E-state index contributed by atoms with van der Waals surface area (Å²) in [6.07, 6.45) is 0.911. The number of hydrogen-bond donors (Lipinski definition) is 0. The molecule has 4 aromatic rings. The number of carbonyl (C=O) groups is 1. The Morgan fingerprint density at radius 2 is 1.27 bits per heavy atom. The minimum Gasteiger partial charge on any atom is -1.00 e. The average molecular weight is 616 g/mol. The van der Waals surface area contributed by atoms with Crippen molar-refractivity contribution in [3.05, 3.63) is 118 Å². The molecule has 0 aromatic heterocycles. The number of aryl methyl sites for hydroxylation is 4. The fourth-order valence-electron chi connectivity index (χ4n) is 6.50. The van der Waals surface area contributed by atoms with E-state index in [-0.39, 0.29) is 28.9 Å². The van der Waals surface area contributed by atoms with Crippen molar-refractivity contribution < 1.29 is 26.3 Å². The number of fused-ring (bicyclic) bond motifs is 1. The van der Waals surface area contributed by atoms with E-state index < -0.39 is 0 Å². The highest BCUT2D eigenvalue weighted by Crippen LogP contribution is 2.26. The van der Waals surface area contributed by atoms with E-state index >= 15 is 0 Å². The van der Waals surface area contributed by atoms with Crippen LogP contribution in [-0.4, -0.2) is 41.0 Å². The first-order valence-corrected chi connectivity index (χ1v) is 14.9. The van der Waals surface area contributed by atoms with Crippen LogP contribution in [0.1, 0.15) is 70.9 Å². The lowest BCUT2D eigenvalue weighted by molar-refractivity contribution is -0.939. The summed E-state index contributed by atoms with van der Waals surface area (Å²) in [5.41, 5.74) is 8.48. The van der Waals surface area contributed by atoms with Crippen molar-refractivity contribution in [2.24, 2.45) is 0 Å². The number of benzene rings is 4. The molecular formula is C37H47BrN2O. The smallest absolute Gasteiger partial charge is 0.255 e. The third-order valence-corrected chi connectivity index (χ3v) is 8.57. The molecule has 1 amide bonds. The van der Waals surface area contributed by atoms with Gasteiger partial charge in [-0.25, -0.2) is 0 Å². The monoisotopic (exact) mass is 614 g/mol. The number of likely N-dealkylation sites (N-methyl/N-ethyl adjacent to an activating group) is 1. The van der Waals surface area contributed by atoms with Gasteiger partial charge in [0.15, 0.2) is 0 Å². The summed E-state index contributed by atoms with van der Waals surface area (Å²) in [6.45, 7) is 20.1. The number of halogens is 1. The second-order valence-electron chi connectivity index (χ2n) is 11.8. The molecular weight excluding hydrogens is 568 g/mol. The van der Waals surface area contributed by atoms with Crippen LogP contribution in [0.2, 0.25) is 0 Å². The van der Waals surface area contributed by atoms with Crippen molar-refractivity contribution in [2.75, 3.05) is 19.6 Å². The summed E-state index contributed by atoms with van der Waals surface area (Å²) in [4.78, 5) is 16.7. The standard InChI is InChI=1S/C37H47N2O.BrH/c1-8-34(26-39(9-2,10-3)25-32-22-29(6)19-30(7)23-32)38(24-31-20-27(4)18-28(5)21-31)37(40)36-17-13-15-33-14-11-12-16-35(33)36;/h11-23,34H,8-10,24-26H2,1-7H3;1H/q+1;/p-1. The predicted molar refractivity (Wildman–Crippen MR) is 170 cm³/mol. The van der Waals surface area contributed by atoms with Crippen molar-refractivity contribution in [1.29, 1.82) is 0 Å². The van der Waals surface area contributed by atoms with Gasteiger partial charge in [0.1, 0.15) is 6.54 Å². The molecule has 0 aliphatic rings. The maximum atomic E-state index is 14.6. The minimum absolute atomic E-state index is 0. The maximum Gasteiger partial charge on any atom is 0.255 e. The number of amides is 1. The van der Waals surface area contributed by atoms with Crippen molar-refractivity contribution in [1.82, 2.24) is 4.90 Å². The summed E-state index contributed by atoms with van der Waals surface area (Å²) in [5, 5.41) is 2.13. The molecule has 0 spiro atoms. The third kappa shape index (κ3) is 7.87. The number of carbonyl (C=O) groups excluding carboxylic acids is 1.